The molecule has 6 heteroatoms. The molecule has 0 aliphatic heterocycles. The number of rotatable bonds is 6. The van der Waals surface area contributed by atoms with Crippen LogP contribution in [0.2, 0.25) is 0 Å². The minimum Gasteiger partial charge on any atom is -0.465 e. The SMILES string of the molecule is CCOC(=O)C1(C(=O)OCC)CC2=C(COC)C(=O)CC2C1. The fourth-order valence-corrected chi connectivity index (χ4v) is 3.41. The molecule has 0 aromatic carbocycles. The third-order valence-corrected chi connectivity index (χ3v) is 4.36. The number of fused-ring (bicyclic) bond motifs is 1. The van der Waals surface area contributed by atoms with Crippen LogP contribution in [0.25, 0.3) is 0 Å². The molecule has 6 nitrogen and oxygen atoms in total. The first-order valence-electron chi connectivity index (χ1n) is 7.58. The first-order chi connectivity index (χ1) is 10.5. The molecule has 0 amide bonds. The number of carbonyl (C=O) groups excluding carboxylic acids is 3. The highest BCUT2D eigenvalue weighted by molar-refractivity contribution is 6.04. The van der Waals surface area contributed by atoms with Gasteiger partial charge in [0.25, 0.3) is 0 Å². The van der Waals surface area contributed by atoms with Gasteiger partial charge in [0.15, 0.2) is 11.2 Å². The minimum absolute atomic E-state index is 0.0446. The zero-order chi connectivity index (χ0) is 16.3. The number of hydrogen-bond acceptors (Lipinski definition) is 6. The maximum Gasteiger partial charge on any atom is 0.323 e. The summed E-state index contributed by atoms with van der Waals surface area (Å²) in [5, 5.41) is 0. The molecule has 2 rings (SSSR count). The topological polar surface area (TPSA) is 78.9 Å². The molecule has 0 bridgehead atoms. The second kappa shape index (κ2) is 6.60. The molecule has 2 aliphatic carbocycles. The second-order valence-corrected chi connectivity index (χ2v) is 5.66. The number of hydrogen-bond donors (Lipinski definition) is 0. The summed E-state index contributed by atoms with van der Waals surface area (Å²) in [6.07, 6.45) is 0.799. The van der Waals surface area contributed by atoms with Gasteiger partial charge in [-0.25, -0.2) is 0 Å². The predicted octanol–water partition coefficient (Wildman–Crippen LogP) is 1.42. The van der Waals surface area contributed by atoms with E-state index in [1.807, 2.05) is 0 Å². The number of allylic oxidation sites excluding steroid dienone is 1. The van der Waals surface area contributed by atoms with Gasteiger partial charge in [-0.1, -0.05) is 5.57 Å². The number of Topliss-reactive ketones (excluding diaryl/α,β-unsaturated/α-hetero) is 1. The smallest absolute Gasteiger partial charge is 0.323 e. The molecule has 0 spiro atoms. The van der Waals surface area contributed by atoms with Crippen molar-refractivity contribution in [2.24, 2.45) is 11.3 Å². The van der Waals surface area contributed by atoms with Gasteiger partial charge in [-0.05, 0) is 32.6 Å². The van der Waals surface area contributed by atoms with Crippen LogP contribution in [0.15, 0.2) is 11.1 Å². The fourth-order valence-electron chi connectivity index (χ4n) is 3.41. The van der Waals surface area contributed by atoms with Gasteiger partial charge >= 0.3 is 11.9 Å². The van der Waals surface area contributed by atoms with Gasteiger partial charge in [-0.15, -0.1) is 0 Å². The van der Waals surface area contributed by atoms with Crippen LogP contribution < -0.4 is 0 Å². The van der Waals surface area contributed by atoms with E-state index in [9.17, 15) is 14.4 Å². The normalized spacial score (nSPS) is 22.7. The van der Waals surface area contributed by atoms with E-state index in [-0.39, 0.29) is 44.4 Å². The summed E-state index contributed by atoms with van der Waals surface area (Å²) in [6, 6.07) is 0. The van der Waals surface area contributed by atoms with Crippen molar-refractivity contribution in [3.63, 3.8) is 0 Å². The van der Waals surface area contributed by atoms with Crippen molar-refractivity contribution >= 4 is 17.7 Å². The predicted molar refractivity (Wildman–Crippen MR) is 76.9 cm³/mol. The number of esters is 2. The maximum atomic E-state index is 12.4. The third kappa shape index (κ3) is 2.67. The average molecular weight is 310 g/mol. The van der Waals surface area contributed by atoms with Crippen LogP contribution in [0.4, 0.5) is 0 Å². The highest BCUT2D eigenvalue weighted by atomic mass is 16.6. The van der Waals surface area contributed by atoms with Crippen LogP contribution in [-0.2, 0) is 28.6 Å². The monoisotopic (exact) mass is 310 g/mol. The Labute approximate surface area is 129 Å². The van der Waals surface area contributed by atoms with Crippen LogP contribution in [0.1, 0.15) is 33.1 Å². The summed E-state index contributed by atoms with van der Waals surface area (Å²) in [5.41, 5.74) is 0.141. The molecule has 0 aromatic heterocycles. The lowest BCUT2D eigenvalue weighted by atomic mass is 9.83. The van der Waals surface area contributed by atoms with Crippen LogP contribution in [-0.4, -0.2) is 44.7 Å². The fraction of sp³-hybridized carbons (Fsp3) is 0.688. The summed E-state index contributed by atoms with van der Waals surface area (Å²) in [6.45, 7) is 4.02. The van der Waals surface area contributed by atoms with E-state index in [2.05, 4.69) is 0 Å². The van der Waals surface area contributed by atoms with Crippen LogP contribution >= 0.6 is 0 Å². The Balaban J connectivity index is 2.36. The summed E-state index contributed by atoms with van der Waals surface area (Å²) in [7, 11) is 1.52. The lowest BCUT2D eigenvalue weighted by molar-refractivity contribution is -0.171. The second-order valence-electron chi connectivity index (χ2n) is 5.66. The maximum absolute atomic E-state index is 12.4. The number of carbonyl (C=O) groups is 3. The first kappa shape index (κ1) is 16.7. The summed E-state index contributed by atoms with van der Waals surface area (Å²) < 4.78 is 15.3. The number of methoxy groups -OCH3 is 1. The number of ether oxygens (including phenoxy) is 3. The molecule has 122 valence electrons. The third-order valence-electron chi connectivity index (χ3n) is 4.36. The van der Waals surface area contributed by atoms with Gasteiger partial charge in [0.1, 0.15) is 0 Å². The molecule has 22 heavy (non-hydrogen) atoms. The van der Waals surface area contributed by atoms with Crippen molar-refractivity contribution in [3.8, 4) is 0 Å². The lowest BCUT2D eigenvalue weighted by Crippen LogP contribution is -2.40. The summed E-state index contributed by atoms with van der Waals surface area (Å²) in [5.74, 6) is -1.16. The van der Waals surface area contributed by atoms with Crippen molar-refractivity contribution in [2.75, 3.05) is 26.9 Å². The molecular weight excluding hydrogens is 288 g/mol. The largest absolute Gasteiger partial charge is 0.465 e. The lowest BCUT2D eigenvalue weighted by Gasteiger charge is -2.24. The van der Waals surface area contributed by atoms with E-state index < -0.39 is 17.4 Å². The Morgan fingerprint density at radius 1 is 1.18 bits per heavy atom. The Bertz CT molecular complexity index is 501. The Kier molecular flexibility index (Phi) is 5.01. The van der Waals surface area contributed by atoms with Crippen LogP contribution in [0, 0.1) is 11.3 Å². The van der Waals surface area contributed by atoms with Gasteiger partial charge in [0.2, 0.25) is 0 Å². The van der Waals surface area contributed by atoms with Gasteiger partial charge in [0, 0.05) is 19.1 Å². The van der Waals surface area contributed by atoms with E-state index in [0.29, 0.717) is 12.0 Å². The Morgan fingerprint density at radius 3 is 2.27 bits per heavy atom. The van der Waals surface area contributed by atoms with Gasteiger partial charge < -0.3 is 14.2 Å². The average Bonchev–Trinajstić information content (AvgIpc) is 2.97. The van der Waals surface area contributed by atoms with Crippen molar-refractivity contribution in [3.05, 3.63) is 11.1 Å². The molecule has 1 atom stereocenters. The van der Waals surface area contributed by atoms with E-state index in [1.165, 1.54) is 7.11 Å². The standard InChI is InChI=1S/C16H22O6/c1-4-21-14(18)16(15(19)22-5-2)7-10-6-13(17)12(9-20-3)11(10)8-16/h10H,4-9H2,1-3H3. The summed E-state index contributed by atoms with van der Waals surface area (Å²) in [4.78, 5) is 36.8. The van der Waals surface area contributed by atoms with Crippen molar-refractivity contribution in [2.45, 2.75) is 33.1 Å². The number of ketones is 1. The van der Waals surface area contributed by atoms with Crippen LogP contribution in [0.3, 0.4) is 0 Å². The van der Waals surface area contributed by atoms with E-state index in [1.54, 1.807) is 13.8 Å². The molecular formula is C16H22O6. The molecule has 0 heterocycles. The summed E-state index contributed by atoms with van der Waals surface area (Å²) >= 11 is 0. The molecule has 1 fully saturated rings. The van der Waals surface area contributed by atoms with E-state index in [0.717, 1.165) is 5.57 Å². The molecule has 0 saturated heterocycles. The molecule has 0 aromatic rings. The first-order valence-corrected chi connectivity index (χ1v) is 7.58. The van der Waals surface area contributed by atoms with Crippen LogP contribution in [0.5, 0.6) is 0 Å². The van der Waals surface area contributed by atoms with Crippen molar-refractivity contribution < 1.29 is 28.6 Å². The highest BCUT2D eigenvalue weighted by Gasteiger charge is 2.58. The molecule has 0 N–H and O–H groups in total. The van der Waals surface area contributed by atoms with Gasteiger partial charge in [0.05, 0.1) is 19.8 Å². The van der Waals surface area contributed by atoms with Crippen molar-refractivity contribution in [1.29, 1.82) is 0 Å². The minimum atomic E-state index is -1.31. The molecule has 1 saturated carbocycles. The van der Waals surface area contributed by atoms with Gasteiger partial charge in [-0.2, -0.15) is 0 Å². The zero-order valence-electron chi connectivity index (χ0n) is 13.3. The molecule has 0 radical (unpaired) electrons. The van der Waals surface area contributed by atoms with Gasteiger partial charge in [-0.3, -0.25) is 14.4 Å². The quantitative estimate of drug-likeness (QED) is 0.545. The highest BCUT2D eigenvalue weighted by Crippen LogP contribution is 2.52. The zero-order valence-corrected chi connectivity index (χ0v) is 13.3. The van der Waals surface area contributed by atoms with E-state index in [4.69, 9.17) is 14.2 Å². The van der Waals surface area contributed by atoms with Crippen molar-refractivity contribution in [1.82, 2.24) is 0 Å². The molecule has 2 aliphatic rings. The molecule has 1 unspecified atom stereocenters. The Hall–Kier alpha value is -1.69. The van der Waals surface area contributed by atoms with E-state index >= 15 is 0 Å². The Morgan fingerprint density at radius 2 is 1.77 bits per heavy atom.